The fourth-order valence-corrected chi connectivity index (χ4v) is 3.68. The first kappa shape index (κ1) is 14.6. The molecule has 1 atom stereocenters. The highest BCUT2D eigenvalue weighted by molar-refractivity contribution is 7.91. The third-order valence-corrected chi connectivity index (χ3v) is 5.32. The fourth-order valence-electron chi connectivity index (χ4n) is 2.48. The minimum atomic E-state index is -2.94. The second-order valence-corrected chi connectivity index (χ2v) is 7.40. The van der Waals surface area contributed by atoms with Crippen molar-refractivity contribution >= 4 is 15.9 Å². The van der Waals surface area contributed by atoms with E-state index in [1.807, 2.05) is 6.92 Å². The summed E-state index contributed by atoms with van der Waals surface area (Å²) >= 11 is 0. The maximum atomic E-state index is 12.3. The summed E-state index contributed by atoms with van der Waals surface area (Å²) < 4.78 is 28.3. The molecule has 0 spiro atoms. The van der Waals surface area contributed by atoms with E-state index in [0.717, 1.165) is 19.4 Å². The van der Waals surface area contributed by atoms with E-state index in [1.165, 1.54) is 0 Å². The van der Waals surface area contributed by atoms with Gasteiger partial charge >= 0.3 is 6.03 Å². The first-order valence-corrected chi connectivity index (χ1v) is 8.70. The average molecular weight is 290 g/mol. The molecule has 0 N–H and O–H groups in total. The van der Waals surface area contributed by atoms with Crippen LogP contribution in [0.15, 0.2) is 0 Å². The number of nitrogens with zero attached hydrogens (tertiary/aromatic N) is 2. The van der Waals surface area contributed by atoms with Gasteiger partial charge in [0.2, 0.25) is 0 Å². The van der Waals surface area contributed by atoms with Crippen LogP contribution in [0.5, 0.6) is 0 Å². The monoisotopic (exact) mass is 290 g/mol. The van der Waals surface area contributed by atoms with E-state index in [-0.39, 0.29) is 23.6 Å². The topological polar surface area (TPSA) is 66.9 Å². The van der Waals surface area contributed by atoms with E-state index >= 15 is 0 Å². The molecule has 2 aliphatic rings. The van der Waals surface area contributed by atoms with E-state index in [9.17, 15) is 13.2 Å². The summed E-state index contributed by atoms with van der Waals surface area (Å²) in [7, 11) is -2.94. The highest BCUT2D eigenvalue weighted by Crippen LogP contribution is 2.15. The zero-order chi connectivity index (χ0) is 13.9. The molecule has 2 heterocycles. The number of sulfone groups is 1. The van der Waals surface area contributed by atoms with Crippen molar-refractivity contribution in [3.05, 3.63) is 0 Å². The summed E-state index contributed by atoms with van der Waals surface area (Å²) in [5, 5.41) is 0. The van der Waals surface area contributed by atoms with E-state index in [0.29, 0.717) is 26.2 Å². The molecule has 2 fully saturated rings. The predicted molar refractivity (Wildman–Crippen MR) is 71.8 cm³/mol. The lowest BCUT2D eigenvalue weighted by molar-refractivity contribution is 0.0751. The van der Waals surface area contributed by atoms with Crippen molar-refractivity contribution in [1.29, 1.82) is 0 Å². The van der Waals surface area contributed by atoms with Crippen molar-refractivity contribution in [3.8, 4) is 0 Å². The minimum absolute atomic E-state index is 0.0621. The van der Waals surface area contributed by atoms with Crippen LogP contribution in [0.2, 0.25) is 0 Å². The van der Waals surface area contributed by atoms with E-state index < -0.39 is 9.84 Å². The number of ether oxygens (including phenoxy) is 1. The molecule has 0 saturated carbocycles. The Hall–Kier alpha value is -0.820. The summed E-state index contributed by atoms with van der Waals surface area (Å²) in [6.07, 6.45) is 2.19. The molecule has 0 bridgehead atoms. The second-order valence-electron chi connectivity index (χ2n) is 5.10. The second kappa shape index (κ2) is 6.09. The largest absolute Gasteiger partial charge is 0.376 e. The number of likely N-dealkylation sites (N-methyl/N-ethyl adjacent to an activating group) is 1. The zero-order valence-electron chi connectivity index (χ0n) is 11.4. The lowest BCUT2D eigenvalue weighted by atomic mass is 10.2. The van der Waals surface area contributed by atoms with Crippen LogP contribution in [-0.2, 0) is 14.6 Å². The molecule has 6 nitrogen and oxygen atoms in total. The first-order valence-electron chi connectivity index (χ1n) is 6.87. The van der Waals surface area contributed by atoms with Gasteiger partial charge in [-0.05, 0) is 19.8 Å². The lowest BCUT2D eigenvalue weighted by Gasteiger charge is -2.33. The van der Waals surface area contributed by atoms with Gasteiger partial charge in [-0.15, -0.1) is 0 Å². The van der Waals surface area contributed by atoms with Crippen LogP contribution in [-0.4, -0.2) is 74.6 Å². The Morgan fingerprint density at radius 2 is 2.05 bits per heavy atom. The molecule has 0 aromatic carbocycles. The Morgan fingerprint density at radius 1 is 1.37 bits per heavy atom. The average Bonchev–Trinajstić information content (AvgIpc) is 2.88. The van der Waals surface area contributed by atoms with E-state index in [2.05, 4.69) is 0 Å². The molecule has 2 amide bonds. The van der Waals surface area contributed by atoms with Gasteiger partial charge < -0.3 is 14.5 Å². The van der Waals surface area contributed by atoms with Crippen molar-refractivity contribution in [2.45, 2.75) is 25.9 Å². The number of rotatable bonds is 3. The molecule has 0 aliphatic carbocycles. The van der Waals surface area contributed by atoms with Gasteiger partial charge in [0.25, 0.3) is 0 Å². The summed E-state index contributed by atoms with van der Waals surface area (Å²) in [4.78, 5) is 15.7. The van der Waals surface area contributed by atoms with Crippen molar-refractivity contribution in [2.75, 3.05) is 44.3 Å². The van der Waals surface area contributed by atoms with Crippen LogP contribution in [0, 0.1) is 0 Å². The number of carbonyl (C=O) groups excluding carboxylic acids is 1. The standard InChI is InChI=1S/C12H22N2O4S/c1-2-13(10-11-4-3-7-18-11)12(15)14-5-8-19(16,17)9-6-14/h11H,2-10H2,1H3. The van der Waals surface area contributed by atoms with Crippen LogP contribution >= 0.6 is 0 Å². The van der Waals surface area contributed by atoms with Gasteiger partial charge in [-0.2, -0.15) is 0 Å². The number of urea groups is 1. The summed E-state index contributed by atoms with van der Waals surface area (Å²) in [6.45, 7) is 4.57. The van der Waals surface area contributed by atoms with Crippen molar-refractivity contribution in [3.63, 3.8) is 0 Å². The van der Waals surface area contributed by atoms with Crippen LogP contribution < -0.4 is 0 Å². The quantitative estimate of drug-likeness (QED) is 0.751. The Labute approximate surface area is 114 Å². The van der Waals surface area contributed by atoms with Crippen LogP contribution in [0.3, 0.4) is 0 Å². The number of hydrogen-bond acceptors (Lipinski definition) is 4. The molecule has 2 aliphatic heterocycles. The lowest BCUT2D eigenvalue weighted by Crippen LogP contribution is -2.51. The van der Waals surface area contributed by atoms with Crippen molar-refractivity contribution in [1.82, 2.24) is 9.80 Å². The highest BCUT2D eigenvalue weighted by Gasteiger charge is 2.29. The van der Waals surface area contributed by atoms with Gasteiger partial charge in [-0.3, -0.25) is 0 Å². The summed E-state index contributed by atoms with van der Waals surface area (Å²) in [5.74, 6) is 0.159. The Morgan fingerprint density at radius 3 is 2.58 bits per heavy atom. The molecule has 0 radical (unpaired) electrons. The van der Waals surface area contributed by atoms with Gasteiger partial charge in [0.15, 0.2) is 9.84 Å². The Kier molecular flexibility index (Phi) is 4.67. The van der Waals surface area contributed by atoms with Crippen LogP contribution in [0.25, 0.3) is 0 Å². The first-order chi connectivity index (χ1) is 9.02. The van der Waals surface area contributed by atoms with Gasteiger partial charge in [-0.25, -0.2) is 13.2 Å². The summed E-state index contributed by atoms with van der Waals surface area (Å²) in [5.41, 5.74) is 0. The number of hydrogen-bond donors (Lipinski definition) is 0. The van der Waals surface area contributed by atoms with Gasteiger partial charge in [0.05, 0.1) is 17.6 Å². The Bertz CT molecular complexity index is 403. The highest BCUT2D eigenvalue weighted by atomic mass is 32.2. The SMILES string of the molecule is CCN(CC1CCCO1)C(=O)N1CCS(=O)(=O)CC1. The third-order valence-electron chi connectivity index (χ3n) is 3.72. The molecule has 0 aromatic rings. The summed E-state index contributed by atoms with van der Waals surface area (Å²) in [6, 6.07) is -0.0621. The Balaban J connectivity index is 1.89. The molecular weight excluding hydrogens is 268 g/mol. The molecule has 2 saturated heterocycles. The van der Waals surface area contributed by atoms with E-state index in [1.54, 1.807) is 9.80 Å². The molecule has 2 rings (SSSR count). The predicted octanol–water partition coefficient (Wildman–Crippen LogP) is 0.338. The molecule has 7 heteroatoms. The third kappa shape index (κ3) is 3.82. The maximum absolute atomic E-state index is 12.3. The molecular formula is C12H22N2O4S. The van der Waals surface area contributed by atoms with Crippen LogP contribution in [0.1, 0.15) is 19.8 Å². The molecule has 0 aromatic heterocycles. The molecule has 1 unspecified atom stereocenters. The minimum Gasteiger partial charge on any atom is -0.376 e. The van der Waals surface area contributed by atoms with Crippen molar-refractivity contribution < 1.29 is 17.9 Å². The number of amides is 2. The normalized spacial score (nSPS) is 26.4. The zero-order valence-corrected chi connectivity index (χ0v) is 12.2. The molecule has 19 heavy (non-hydrogen) atoms. The van der Waals surface area contributed by atoms with Gasteiger partial charge in [-0.1, -0.05) is 0 Å². The van der Waals surface area contributed by atoms with Gasteiger partial charge in [0.1, 0.15) is 0 Å². The number of carbonyl (C=O) groups is 1. The maximum Gasteiger partial charge on any atom is 0.320 e. The van der Waals surface area contributed by atoms with Crippen molar-refractivity contribution in [2.24, 2.45) is 0 Å². The van der Waals surface area contributed by atoms with Crippen LogP contribution in [0.4, 0.5) is 4.79 Å². The van der Waals surface area contributed by atoms with Gasteiger partial charge in [0, 0.05) is 32.8 Å². The van der Waals surface area contributed by atoms with E-state index in [4.69, 9.17) is 4.74 Å². The fraction of sp³-hybridized carbons (Fsp3) is 0.917. The molecule has 110 valence electrons. The smallest absolute Gasteiger partial charge is 0.320 e.